The van der Waals surface area contributed by atoms with Gasteiger partial charge in [0.25, 0.3) is 0 Å². The topological polar surface area (TPSA) is 0 Å². The Kier molecular flexibility index (Phi) is 3.98. The highest BCUT2D eigenvalue weighted by Gasteiger charge is 2.14. The van der Waals surface area contributed by atoms with E-state index in [-0.39, 0.29) is 0 Å². The highest BCUT2D eigenvalue weighted by Crippen LogP contribution is 2.12. The minimum Gasteiger partial charge on any atom is -0.268 e. The van der Waals surface area contributed by atoms with E-state index in [1.54, 1.807) is 0 Å². The quantitative estimate of drug-likeness (QED) is 0.513. The summed E-state index contributed by atoms with van der Waals surface area (Å²) in [5.74, 6) is 0. The van der Waals surface area contributed by atoms with Gasteiger partial charge in [-0.25, -0.2) is 0 Å². The highest BCUT2D eigenvalue weighted by atomic mass is 127. The number of rotatable bonds is 3. The van der Waals surface area contributed by atoms with Crippen molar-refractivity contribution in [2.45, 2.75) is 20.8 Å². The predicted octanol–water partition coefficient (Wildman–Crippen LogP) is 2.21. The zero-order valence-electron chi connectivity index (χ0n) is 5.95. The van der Waals surface area contributed by atoms with Crippen LogP contribution >= 0.6 is 22.9 Å². The highest BCUT2D eigenvalue weighted by molar-refractivity contribution is 14.1. The number of hydrogen-bond donors (Lipinski definition) is 0. The molecule has 0 bridgehead atoms. The Labute approximate surface area is 66.2 Å². The van der Waals surface area contributed by atoms with Gasteiger partial charge in [-0.05, 0) is 20.8 Å². The average Bonchev–Trinajstić information content (AvgIpc) is 1.87. The maximum atomic E-state index is 2.50. The second-order valence-electron chi connectivity index (χ2n) is 1.98. The first-order valence-corrected chi connectivity index (χ1v) is 4.20. The van der Waals surface area contributed by atoms with Gasteiger partial charge >= 0.3 is 0 Å². The minimum absolute atomic E-state index is 1.18. The van der Waals surface area contributed by atoms with E-state index >= 15 is 0 Å². The van der Waals surface area contributed by atoms with E-state index in [0.29, 0.717) is 0 Å². The van der Waals surface area contributed by atoms with Crippen LogP contribution in [-0.2, 0) is 0 Å². The van der Waals surface area contributed by atoms with Gasteiger partial charge in [0.15, 0.2) is 0 Å². The van der Waals surface area contributed by atoms with Gasteiger partial charge in [0.2, 0.25) is 22.9 Å². The SMILES string of the molecule is CC[N+](I)(CC)CC. The summed E-state index contributed by atoms with van der Waals surface area (Å²) in [5, 5.41) is 0. The maximum Gasteiger partial charge on any atom is 0.248 e. The van der Waals surface area contributed by atoms with E-state index in [2.05, 4.69) is 43.6 Å². The van der Waals surface area contributed by atoms with Crippen molar-refractivity contribution < 1.29 is 2.70 Å². The van der Waals surface area contributed by atoms with Crippen LogP contribution < -0.4 is 0 Å². The van der Waals surface area contributed by atoms with Gasteiger partial charge in [-0.1, -0.05) is 0 Å². The fourth-order valence-electron chi connectivity index (χ4n) is 0.671. The standard InChI is InChI=1S/C6H15IN/c1-4-8(7,5-2)6-3/h4-6H2,1-3H3/q+1. The van der Waals surface area contributed by atoms with Crippen LogP contribution in [0.4, 0.5) is 0 Å². The lowest BCUT2D eigenvalue weighted by atomic mass is 10.5. The lowest BCUT2D eigenvalue weighted by Crippen LogP contribution is -2.36. The van der Waals surface area contributed by atoms with E-state index < -0.39 is 0 Å². The number of halogens is 1. The van der Waals surface area contributed by atoms with Crippen molar-refractivity contribution in [3.8, 4) is 0 Å². The molecule has 0 aromatic heterocycles. The summed E-state index contributed by atoms with van der Waals surface area (Å²) in [6.07, 6.45) is 0. The van der Waals surface area contributed by atoms with Crippen LogP contribution in [0.15, 0.2) is 0 Å². The number of hydrogen-bond acceptors (Lipinski definition) is 0. The third-order valence-corrected chi connectivity index (χ3v) is 3.75. The molecule has 0 atom stereocenters. The first-order chi connectivity index (χ1) is 3.68. The zero-order valence-corrected chi connectivity index (χ0v) is 8.10. The third-order valence-electron chi connectivity index (χ3n) is 1.70. The van der Waals surface area contributed by atoms with Gasteiger partial charge in [0, 0.05) is 0 Å². The molecule has 0 aromatic rings. The zero-order chi connectivity index (χ0) is 6.62. The van der Waals surface area contributed by atoms with Gasteiger partial charge in [0.05, 0.1) is 19.6 Å². The fraction of sp³-hybridized carbons (Fsp3) is 1.00. The minimum atomic E-state index is 1.18. The molecule has 0 aromatic carbocycles. The second-order valence-corrected chi connectivity index (χ2v) is 4.02. The molecule has 0 fully saturated rings. The molecule has 0 aliphatic carbocycles. The van der Waals surface area contributed by atoms with E-state index in [9.17, 15) is 0 Å². The molecule has 1 nitrogen and oxygen atoms in total. The number of nitrogens with zero attached hydrogens (tertiary/aromatic N) is 1. The van der Waals surface area contributed by atoms with E-state index in [4.69, 9.17) is 0 Å². The summed E-state index contributed by atoms with van der Waals surface area (Å²) >= 11 is 2.50. The van der Waals surface area contributed by atoms with Crippen molar-refractivity contribution in [3.63, 3.8) is 0 Å². The molecule has 0 radical (unpaired) electrons. The lowest BCUT2D eigenvalue weighted by Gasteiger charge is -2.25. The summed E-state index contributed by atoms with van der Waals surface area (Å²) in [7, 11) is 0. The smallest absolute Gasteiger partial charge is 0.248 e. The van der Waals surface area contributed by atoms with E-state index in [1.165, 1.54) is 22.3 Å². The van der Waals surface area contributed by atoms with Crippen LogP contribution in [0.2, 0.25) is 0 Å². The van der Waals surface area contributed by atoms with Gasteiger partial charge in [-0.3, -0.25) is 2.70 Å². The molecular weight excluding hydrogens is 213 g/mol. The molecule has 0 aliphatic rings. The van der Waals surface area contributed by atoms with Gasteiger partial charge < -0.3 is 0 Å². The van der Waals surface area contributed by atoms with Gasteiger partial charge in [-0.2, -0.15) is 0 Å². The Hall–Kier alpha value is 0.690. The van der Waals surface area contributed by atoms with Crippen LogP contribution in [0.1, 0.15) is 20.8 Å². The first kappa shape index (κ1) is 8.69. The maximum absolute atomic E-state index is 2.50. The molecule has 0 rings (SSSR count). The normalized spacial score (nSPS) is 12.0. The molecule has 0 aliphatic heterocycles. The van der Waals surface area contributed by atoms with E-state index in [1.807, 2.05) is 0 Å². The van der Waals surface area contributed by atoms with Crippen molar-refractivity contribution in [2.75, 3.05) is 19.6 Å². The fourth-order valence-corrected chi connectivity index (χ4v) is 0.671. The summed E-state index contributed by atoms with van der Waals surface area (Å²) in [4.78, 5) is 0. The molecule has 50 valence electrons. The Balaban J connectivity index is 3.58. The van der Waals surface area contributed by atoms with Crippen molar-refractivity contribution in [2.24, 2.45) is 0 Å². The Morgan fingerprint density at radius 2 is 1.25 bits per heavy atom. The van der Waals surface area contributed by atoms with Crippen LogP contribution in [-0.4, -0.2) is 22.3 Å². The van der Waals surface area contributed by atoms with Crippen LogP contribution in [0.5, 0.6) is 0 Å². The van der Waals surface area contributed by atoms with Gasteiger partial charge in [0.1, 0.15) is 0 Å². The molecule has 8 heavy (non-hydrogen) atoms. The summed E-state index contributed by atoms with van der Waals surface area (Å²) in [6.45, 7) is 10.4. The summed E-state index contributed by atoms with van der Waals surface area (Å²) < 4.78 is 1.18. The summed E-state index contributed by atoms with van der Waals surface area (Å²) in [5.41, 5.74) is 0. The van der Waals surface area contributed by atoms with Crippen LogP contribution in [0.3, 0.4) is 0 Å². The molecule has 0 amide bonds. The van der Waals surface area contributed by atoms with Crippen molar-refractivity contribution >= 4 is 22.9 Å². The number of quaternary nitrogens is 1. The third kappa shape index (κ3) is 2.31. The van der Waals surface area contributed by atoms with Crippen molar-refractivity contribution in [3.05, 3.63) is 0 Å². The predicted molar refractivity (Wildman–Crippen MR) is 45.9 cm³/mol. The molecule has 0 N–H and O–H groups in total. The molecule has 0 unspecified atom stereocenters. The Morgan fingerprint density at radius 3 is 1.25 bits per heavy atom. The Morgan fingerprint density at radius 1 is 1.00 bits per heavy atom. The molecule has 2 heteroatoms. The van der Waals surface area contributed by atoms with Crippen molar-refractivity contribution in [1.29, 1.82) is 0 Å². The van der Waals surface area contributed by atoms with Gasteiger partial charge in [-0.15, -0.1) is 0 Å². The summed E-state index contributed by atoms with van der Waals surface area (Å²) in [6, 6.07) is 0. The van der Waals surface area contributed by atoms with Crippen LogP contribution in [0.25, 0.3) is 0 Å². The van der Waals surface area contributed by atoms with Crippen molar-refractivity contribution in [1.82, 2.24) is 0 Å². The molecule has 0 saturated carbocycles. The molecule has 0 saturated heterocycles. The first-order valence-electron chi connectivity index (χ1n) is 3.24. The lowest BCUT2D eigenvalue weighted by molar-refractivity contribution is -0.746. The Bertz CT molecular complexity index is 51.3. The van der Waals surface area contributed by atoms with E-state index in [0.717, 1.165) is 0 Å². The molecule has 0 spiro atoms. The monoisotopic (exact) mass is 228 g/mol. The second kappa shape index (κ2) is 3.67. The molecular formula is C6H15IN+. The van der Waals surface area contributed by atoms with Crippen LogP contribution in [0, 0.1) is 0 Å². The largest absolute Gasteiger partial charge is 0.268 e. The molecule has 0 heterocycles. The average molecular weight is 228 g/mol.